The van der Waals surface area contributed by atoms with Crippen molar-refractivity contribution in [2.24, 2.45) is 0 Å². The van der Waals surface area contributed by atoms with E-state index in [0.717, 1.165) is 12.8 Å². The van der Waals surface area contributed by atoms with Crippen LogP contribution in [0.3, 0.4) is 0 Å². The molecule has 0 amide bonds. The van der Waals surface area contributed by atoms with E-state index < -0.39 is 0 Å². The maximum absolute atomic E-state index is 10.8. The lowest BCUT2D eigenvalue weighted by Gasteiger charge is -2.01. The summed E-state index contributed by atoms with van der Waals surface area (Å²) in [6.07, 6.45) is 21.3. The Labute approximate surface area is 131 Å². The zero-order valence-corrected chi connectivity index (χ0v) is 13.9. The van der Waals surface area contributed by atoms with Gasteiger partial charge in [0.15, 0.2) is 0 Å². The molecule has 0 rings (SSSR count). The van der Waals surface area contributed by atoms with Crippen LogP contribution in [0.15, 0.2) is 24.8 Å². The van der Waals surface area contributed by atoms with E-state index in [9.17, 15) is 4.79 Å². The van der Waals surface area contributed by atoms with Gasteiger partial charge in [-0.05, 0) is 19.3 Å². The lowest BCUT2D eigenvalue weighted by molar-refractivity contribution is -0.137. The van der Waals surface area contributed by atoms with E-state index in [1.807, 2.05) is 0 Å². The minimum Gasteiger partial charge on any atom is -0.462 e. The first-order valence-electron chi connectivity index (χ1n) is 8.75. The Morgan fingerprint density at radius 2 is 1.38 bits per heavy atom. The largest absolute Gasteiger partial charge is 0.462 e. The van der Waals surface area contributed by atoms with Gasteiger partial charge in [-0.25, -0.2) is 4.79 Å². The number of ether oxygens (including phenoxy) is 1. The number of unbranched alkanes of at least 4 members (excludes halogenated alkanes) is 10. The highest BCUT2D eigenvalue weighted by Crippen LogP contribution is 2.11. The summed E-state index contributed by atoms with van der Waals surface area (Å²) in [5.74, 6) is -0.335. The quantitative estimate of drug-likeness (QED) is 0.161. The van der Waals surface area contributed by atoms with Crippen LogP contribution in [0, 0.1) is 0 Å². The van der Waals surface area contributed by atoms with Crippen molar-refractivity contribution in [3.05, 3.63) is 24.8 Å². The van der Waals surface area contributed by atoms with E-state index >= 15 is 0 Å². The maximum Gasteiger partial charge on any atom is 0.330 e. The lowest BCUT2D eigenvalue weighted by Crippen LogP contribution is -2.00. The van der Waals surface area contributed by atoms with Crippen LogP contribution in [0.2, 0.25) is 0 Å². The Hall–Kier alpha value is -1.05. The topological polar surface area (TPSA) is 26.3 Å². The van der Waals surface area contributed by atoms with Crippen LogP contribution in [-0.4, -0.2) is 12.6 Å². The van der Waals surface area contributed by atoms with E-state index in [-0.39, 0.29) is 5.97 Å². The second-order valence-electron chi connectivity index (χ2n) is 5.60. The lowest BCUT2D eigenvalue weighted by atomic mass is 10.1. The zero-order chi connectivity index (χ0) is 15.6. The van der Waals surface area contributed by atoms with Crippen LogP contribution in [-0.2, 0) is 9.53 Å². The fourth-order valence-corrected chi connectivity index (χ4v) is 2.27. The molecule has 0 saturated carbocycles. The highest BCUT2D eigenvalue weighted by Gasteiger charge is 1.93. The Morgan fingerprint density at radius 3 is 1.95 bits per heavy atom. The van der Waals surface area contributed by atoms with Gasteiger partial charge in [-0.1, -0.05) is 83.4 Å². The number of carbonyl (C=O) groups excluding carboxylic acids is 1. The van der Waals surface area contributed by atoms with Gasteiger partial charge in [0.25, 0.3) is 0 Å². The highest BCUT2D eigenvalue weighted by atomic mass is 16.5. The molecule has 2 heteroatoms. The van der Waals surface area contributed by atoms with E-state index in [2.05, 4.69) is 25.7 Å². The minimum absolute atomic E-state index is 0.335. The van der Waals surface area contributed by atoms with Crippen molar-refractivity contribution in [3.63, 3.8) is 0 Å². The molecule has 0 spiro atoms. The average molecular weight is 294 g/mol. The number of esters is 1. The van der Waals surface area contributed by atoms with Crippen molar-refractivity contribution in [3.8, 4) is 0 Å². The maximum atomic E-state index is 10.8. The zero-order valence-electron chi connectivity index (χ0n) is 13.9. The summed E-state index contributed by atoms with van der Waals surface area (Å²) in [7, 11) is 0. The molecule has 0 aliphatic carbocycles. The summed E-state index contributed by atoms with van der Waals surface area (Å²) in [5, 5.41) is 0. The summed E-state index contributed by atoms with van der Waals surface area (Å²) in [4.78, 5) is 10.8. The van der Waals surface area contributed by atoms with Gasteiger partial charge in [0.1, 0.15) is 0 Å². The molecule has 0 saturated heterocycles. The third kappa shape index (κ3) is 16.9. The molecular weight excluding hydrogens is 260 g/mol. The fourth-order valence-electron chi connectivity index (χ4n) is 2.27. The minimum atomic E-state index is -0.335. The second kappa shape index (κ2) is 17.0. The van der Waals surface area contributed by atoms with Gasteiger partial charge in [0.05, 0.1) is 6.61 Å². The molecule has 0 unspecified atom stereocenters. The van der Waals surface area contributed by atoms with E-state index in [1.165, 1.54) is 70.3 Å². The first-order valence-corrected chi connectivity index (χ1v) is 8.75. The van der Waals surface area contributed by atoms with Crippen LogP contribution < -0.4 is 0 Å². The molecule has 0 aliphatic heterocycles. The van der Waals surface area contributed by atoms with Crippen molar-refractivity contribution in [2.75, 3.05) is 6.61 Å². The predicted octanol–water partition coefficient (Wildman–Crippen LogP) is 5.97. The Bertz CT molecular complexity index is 269. The summed E-state index contributed by atoms with van der Waals surface area (Å²) < 4.78 is 4.89. The van der Waals surface area contributed by atoms with E-state index in [1.54, 1.807) is 0 Å². The molecule has 2 nitrogen and oxygen atoms in total. The number of hydrogen-bond donors (Lipinski definition) is 0. The number of allylic oxidation sites excluding steroid dienone is 1. The van der Waals surface area contributed by atoms with Crippen molar-refractivity contribution in [2.45, 2.75) is 84.0 Å². The smallest absolute Gasteiger partial charge is 0.330 e. The molecule has 21 heavy (non-hydrogen) atoms. The summed E-state index contributed by atoms with van der Waals surface area (Å²) in [6, 6.07) is 0. The van der Waals surface area contributed by atoms with Gasteiger partial charge in [-0.3, -0.25) is 0 Å². The summed E-state index contributed by atoms with van der Waals surface area (Å²) in [6.45, 7) is 6.08. The Kier molecular flexibility index (Phi) is 16.2. The summed E-state index contributed by atoms with van der Waals surface area (Å²) in [5.41, 5.74) is 0. The Balaban J connectivity index is 3.11. The molecule has 0 atom stereocenters. The van der Waals surface area contributed by atoms with E-state index in [0.29, 0.717) is 6.61 Å². The molecule has 122 valence electrons. The van der Waals surface area contributed by atoms with Crippen molar-refractivity contribution >= 4 is 5.97 Å². The molecule has 0 fully saturated rings. The molecule has 0 bridgehead atoms. The molecule has 0 aliphatic rings. The first kappa shape index (κ1) is 19.9. The third-order valence-electron chi connectivity index (χ3n) is 3.59. The van der Waals surface area contributed by atoms with Crippen LogP contribution in [0.25, 0.3) is 0 Å². The highest BCUT2D eigenvalue weighted by molar-refractivity contribution is 5.81. The molecule has 0 aromatic carbocycles. The van der Waals surface area contributed by atoms with Crippen LogP contribution >= 0.6 is 0 Å². The van der Waals surface area contributed by atoms with Gasteiger partial charge in [0, 0.05) is 6.08 Å². The summed E-state index contributed by atoms with van der Waals surface area (Å²) >= 11 is 0. The number of rotatable bonds is 15. The average Bonchev–Trinajstić information content (AvgIpc) is 2.50. The van der Waals surface area contributed by atoms with Gasteiger partial charge >= 0.3 is 5.97 Å². The van der Waals surface area contributed by atoms with Gasteiger partial charge in [-0.15, -0.1) is 0 Å². The predicted molar refractivity (Wildman–Crippen MR) is 91.4 cm³/mol. The van der Waals surface area contributed by atoms with Crippen LogP contribution in [0.4, 0.5) is 0 Å². The molecular formula is C19H34O2. The van der Waals surface area contributed by atoms with Crippen molar-refractivity contribution < 1.29 is 9.53 Å². The normalized spacial score (nSPS) is 10.9. The third-order valence-corrected chi connectivity index (χ3v) is 3.59. The molecule has 0 aromatic heterocycles. The van der Waals surface area contributed by atoms with E-state index in [4.69, 9.17) is 4.74 Å². The van der Waals surface area contributed by atoms with Gasteiger partial charge in [0.2, 0.25) is 0 Å². The molecule has 0 heterocycles. The standard InChI is InChI=1S/C19H34O2/c1-3-5-6-7-8-9-10-11-12-13-14-15-16-17-18-21-19(20)4-2/h4,15-16H,2-3,5-14,17-18H2,1H3/b16-15+. The number of carbonyl (C=O) groups is 1. The van der Waals surface area contributed by atoms with Crippen LogP contribution in [0.5, 0.6) is 0 Å². The van der Waals surface area contributed by atoms with Crippen molar-refractivity contribution in [1.29, 1.82) is 0 Å². The molecule has 0 radical (unpaired) electrons. The van der Waals surface area contributed by atoms with Gasteiger partial charge in [-0.2, -0.15) is 0 Å². The van der Waals surface area contributed by atoms with Crippen LogP contribution in [0.1, 0.15) is 84.0 Å². The SMILES string of the molecule is C=CC(=O)OCC/C=C/CCCCCCCCCCCC. The second-order valence-corrected chi connectivity index (χ2v) is 5.60. The first-order chi connectivity index (χ1) is 10.3. The molecule has 0 N–H and O–H groups in total. The van der Waals surface area contributed by atoms with Crippen molar-refractivity contribution in [1.82, 2.24) is 0 Å². The monoisotopic (exact) mass is 294 g/mol. The molecule has 0 aromatic rings. The number of hydrogen-bond acceptors (Lipinski definition) is 2. The van der Waals surface area contributed by atoms with Gasteiger partial charge < -0.3 is 4.74 Å². The Morgan fingerprint density at radius 1 is 0.857 bits per heavy atom. The fraction of sp³-hybridized carbons (Fsp3) is 0.737.